The first-order valence-electron chi connectivity index (χ1n) is 10.8. The third kappa shape index (κ3) is 2.49. The summed E-state index contributed by atoms with van der Waals surface area (Å²) in [4.78, 5) is 16.6. The van der Waals surface area contributed by atoms with Gasteiger partial charge in [0.05, 0.1) is 0 Å². The summed E-state index contributed by atoms with van der Waals surface area (Å²) in [6, 6.07) is 9.78. The predicted octanol–water partition coefficient (Wildman–Crippen LogP) is 4.71. The number of rotatable bonds is 2. The van der Waals surface area contributed by atoms with E-state index in [1.54, 1.807) is 0 Å². The van der Waals surface area contributed by atoms with Crippen LogP contribution >= 0.6 is 0 Å². The van der Waals surface area contributed by atoms with E-state index in [4.69, 9.17) is 23.8 Å². The van der Waals surface area contributed by atoms with Gasteiger partial charge in [-0.2, -0.15) is 4.98 Å². The average molecular weight is 410 g/mol. The fourth-order valence-electron chi connectivity index (χ4n) is 5.85. The van der Waals surface area contributed by atoms with Crippen molar-refractivity contribution in [3.8, 4) is 11.4 Å². The van der Waals surface area contributed by atoms with Crippen LogP contribution in [0.4, 0.5) is 0 Å². The lowest BCUT2D eigenvalue weighted by molar-refractivity contribution is -0.553. The van der Waals surface area contributed by atoms with E-state index < -0.39 is 17.7 Å². The van der Waals surface area contributed by atoms with Gasteiger partial charge in [-0.05, 0) is 44.6 Å². The minimum atomic E-state index is -0.808. The Morgan fingerprint density at radius 1 is 1.07 bits per heavy atom. The van der Waals surface area contributed by atoms with Gasteiger partial charge in [0.2, 0.25) is 17.9 Å². The monoisotopic (exact) mass is 410 g/mol. The van der Waals surface area contributed by atoms with Crippen molar-refractivity contribution in [2.24, 2.45) is 17.8 Å². The summed E-state index contributed by atoms with van der Waals surface area (Å²) in [7, 11) is 0. The molecule has 1 aromatic carbocycles. The van der Waals surface area contributed by atoms with Gasteiger partial charge in [0, 0.05) is 23.8 Å². The van der Waals surface area contributed by atoms with Crippen LogP contribution in [0.25, 0.3) is 17.1 Å². The Kier molecular flexibility index (Phi) is 3.95. The molecule has 7 nitrogen and oxygen atoms in total. The first kappa shape index (κ1) is 18.5. The number of aromatic nitrogens is 2. The summed E-state index contributed by atoms with van der Waals surface area (Å²) in [6.07, 6.45) is 3.32. The van der Waals surface area contributed by atoms with Crippen LogP contribution in [0.2, 0.25) is 0 Å². The molecule has 30 heavy (non-hydrogen) atoms. The van der Waals surface area contributed by atoms with E-state index in [2.05, 4.69) is 24.0 Å². The highest BCUT2D eigenvalue weighted by molar-refractivity contribution is 5.61. The Balaban J connectivity index is 1.44. The summed E-state index contributed by atoms with van der Waals surface area (Å²) in [6.45, 7) is 6.30. The van der Waals surface area contributed by atoms with Gasteiger partial charge in [0.25, 0.3) is 5.89 Å². The quantitative estimate of drug-likeness (QED) is 0.664. The lowest BCUT2D eigenvalue weighted by Gasteiger charge is -2.56. The van der Waals surface area contributed by atoms with E-state index in [0.29, 0.717) is 29.3 Å². The van der Waals surface area contributed by atoms with Gasteiger partial charge in [-0.1, -0.05) is 42.4 Å². The molecule has 0 radical (unpaired) electrons. The molecular formula is C23H26N2O5. The average Bonchev–Trinajstić information content (AvgIpc) is 3.13. The van der Waals surface area contributed by atoms with Crippen LogP contribution in [0.1, 0.15) is 52.3 Å². The van der Waals surface area contributed by atoms with Crippen molar-refractivity contribution < 1.29 is 23.8 Å². The standard InChI is InChI=1S/C23H26N2O5/c1-13-9-10-17-14(2)18(20-24-19(25-28-20)15-7-5-4-6-8-15)26-21-23(17)16(13)11-12-22(3,27-21)29-30-23/h4-8,13,16-17,21H,9-12H2,1-3H3/t13-,16+,17+,21?,22?,23-/m1/s1. The maximum atomic E-state index is 6.45. The van der Waals surface area contributed by atoms with Crippen molar-refractivity contribution in [3.63, 3.8) is 0 Å². The molecule has 3 saturated heterocycles. The van der Waals surface area contributed by atoms with E-state index in [-0.39, 0.29) is 5.92 Å². The molecule has 7 heteroatoms. The van der Waals surface area contributed by atoms with Crippen molar-refractivity contribution in [3.05, 3.63) is 41.8 Å². The topological polar surface area (TPSA) is 75.8 Å². The highest BCUT2D eigenvalue weighted by Crippen LogP contribution is 2.60. The van der Waals surface area contributed by atoms with Crippen molar-refractivity contribution in [2.45, 2.75) is 64.1 Å². The molecule has 2 bridgehead atoms. The highest BCUT2D eigenvalue weighted by Gasteiger charge is 2.68. The highest BCUT2D eigenvalue weighted by atomic mass is 17.3. The molecule has 4 fully saturated rings. The van der Waals surface area contributed by atoms with Crippen molar-refractivity contribution in [2.75, 3.05) is 0 Å². The summed E-state index contributed by atoms with van der Waals surface area (Å²) >= 11 is 0. The Morgan fingerprint density at radius 2 is 1.90 bits per heavy atom. The normalized spacial score (nSPS) is 40.0. The summed E-state index contributed by atoms with van der Waals surface area (Å²) in [5, 5.41) is 4.17. The molecule has 5 aliphatic rings. The number of fused-ring (bicyclic) bond motifs is 2. The van der Waals surface area contributed by atoms with E-state index in [0.717, 1.165) is 36.8 Å². The molecule has 1 aromatic heterocycles. The largest absolute Gasteiger partial charge is 0.456 e. The maximum Gasteiger partial charge on any atom is 0.293 e. The molecule has 4 aliphatic heterocycles. The van der Waals surface area contributed by atoms with Crippen LogP contribution in [-0.2, 0) is 19.2 Å². The molecule has 1 aliphatic carbocycles. The second-order valence-corrected chi connectivity index (χ2v) is 9.28. The molecule has 0 N–H and O–H groups in total. The van der Waals surface area contributed by atoms with Crippen LogP contribution in [0.3, 0.4) is 0 Å². The van der Waals surface area contributed by atoms with Crippen LogP contribution in [-0.4, -0.2) is 27.8 Å². The molecule has 2 aromatic rings. The van der Waals surface area contributed by atoms with Gasteiger partial charge in [-0.3, -0.25) is 0 Å². The zero-order valence-electron chi connectivity index (χ0n) is 17.5. The van der Waals surface area contributed by atoms with Crippen LogP contribution < -0.4 is 0 Å². The Hall–Kier alpha value is -2.22. The number of ether oxygens (including phenoxy) is 2. The first-order chi connectivity index (χ1) is 14.5. The zero-order chi connectivity index (χ0) is 20.5. The Morgan fingerprint density at radius 3 is 2.73 bits per heavy atom. The number of hydrogen-bond donors (Lipinski definition) is 0. The third-order valence-electron chi connectivity index (χ3n) is 7.48. The van der Waals surface area contributed by atoms with Crippen LogP contribution in [0.5, 0.6) is 0 Å². The molecule has 1 saturated carbocycles. The molecule has 0 amide bonds. The van der Waals surface area contributed by atoms with Gasteiger partial charge in [-0.15, -0.1) is 0 Å². The minimum absolute atomic E-state index is 0.113. The molecule has 1 spiro atoms. The van der Waals surface area contributed by atoms with Crippen LogP contribution in [0.15, 0.2) is 40.4 Å². The van der Waals surface area contributed by atoms with Gasteiger partial charge in [0.15, 0.2) is 11.4 Å². The minimum Gasteiger partial charge on any atom is -0.456 e. The van der Waals surface area contributed by atoms with E-state index in [9.17, 15) is 0 Å². The molecule has 7 rings (SSSR count). The lowest BCUT2D eigenvalue weighted by Crippen LogP contribution is -2.66. The fraction of sp³-hybridized carbons (Fsp3) is 0.565. The Bertz CT molecular complexity index is 1000. The lowest BCUT2D eigenvalue weighted by atomic mass is 9.59. The number of nitrogens with zero attached hydrogens (tertiary/aromatic N) is 2. The van der Waals surface area contributed by atoms with Crippen molar-refractivity contribution in [1.82, 2.24) is 10.1 Å². The van der Waals surface area contributed by atoms with E-state index in [1.807, 2.05) is 37.3 Å². The molecule has 158 valence electrons. The molecule has 6 atom stereocenters. The third-order valence-corrected chi connectivity index (χ3v) is 7.48. The summed E-state index contributed by atoms with van der Waals surface area (Å²) < 4.78 is 18.5. The van der Waals surface area contributed by atoms with E-state index >= 15 is 0 Å². The van der Waals surface area contributed by atoms with Crippen LogP contribution in [0, 0.1) is 17.8 Å². The summed E-state index contributed by atoms with van der Waals surface area (Å²) in [5.41, 5.74) is 1.33. The maximum absolute atomic E-state index is 6.45. The molecule has 2 unspecified atom stereocenters. The second kappa shape index (κ2) is 6.39. The second-order valence-electron chi connectivity index (χ2n) is 9.28. The first-order valence-corrected chi connectivity index (χ1v) is 10.8. The fourth-order valence-corrected chi connectivity index (χ4v) is 5.85. The molecular weight excluding hydrogens is 384 g/mol. The smallest absolute Gasteiger partial charge is 0.293 e. The van der Waals surface area contributed by atoms with Gasteiger partial charge in [0.1, 0.15) is 0 Å². The van der Waals surface area contributed by atoms with E-state index in [1.165, 1.54) is 0 Å². The van der Waals surface area contributed by atoms with Gasteiger partial charge < -0.3 is 14.0 Å². The number of hydrogen-bond acceptors (Lipinski definition) is 7. The van der Waals surface area contributed by atoms with Gasteiger partial charge >= 0.3 is 0 Å². The van der Waals surface area contributed by atoms with Crippen molar-refractivity contribution >= 4 is 5.76 Å². The Labute approximate surface area is 175 Å². The molecule has 5 heterocycles. The number of benzene rings is 1. The zero-order valence-corrected chi connectivity index (χ0v) is 17.5. The van der Waals surface area contributed by atoms with Gasteiger partial charge in [-0.25, -0.2) is 9.78 Å². The summed E-state index contributed by atoms with van der Waals surface area (Å²) in [5.74, 6) is 1.66. The van der Waals surface area contributed by atoms with Crippen molar-refractivity contribution in [1.29, 1.82) is 0 Å². The predicted molar refractivity (Wildman–Crippen MR) is 106 cm³/mol. The SMILES string of the molecule is CC1=C(c2nc(-c3ccccc3)no2)OC2OC3(C)CC[C@H]4[C@H](C)CC[C@@H]1[C@@]24OO3.